The third-order valence-corrected chi connectivity index (χ3v) is 3.44. The summed E-state index contributed by atoms with van der Waals surface area (Å²) >= 11 is 0. The van der Waals surface area contributed by atoms with Crippen molar-refractivity contribution in [3.63, 3.8) is 0 Å². The maximum absolute atomic E-state index is 10.3. The van der Waals surface area contributed by atoms with Crippen LogP contribution in [0.4, 0.5) is 0 Å². The van der Waals surface area contributed by atoms with Gasteiger partial charge in [0.05, 0.1) is 11.1 Å². The van der Waals surface area contributed by atoms with Gasteiger partial charge in [-0.2, -0.15) is 0 Å². The van der Waals surface area contributed by atoms with Gasteiger partial charge < -0.3 is 15.9 Å². The van der Waals surface area contributed by atoms with E-state index in [1.165, 1.54) is 75.6 Å². The van der Waals surface area contributed by atoms with Crippen molar-refractivity contribution in [3.8, 4) is 0 Å². The van der Waals surface area contributed by atoms with Crippen LogP contribution in [0, 0.1) is 0 Å². The van der Waals surface area contributed by atoms with Crippen molar-refractivity contribution < 1.29 is 19.8 Å². The van der Waals surface area contributed by atoms with Gasteiger partial charge in [-0.25, -0.2) is 9.59 Å². The van der Waals surface area contributed by atoms with E-state index in [1.54, 1.807) is 0 Å². The van der Waals surface area contributed by atoms with Crippen molar-refractivity contribution >= 4 is 11.9 Å². The summed E-state index contributed by atoms with van der Waals surface area (Å²) < 4.78 is 0. The molecule has 1 aromatic carbocycles. The molecule has 1 aromatic rings. The third-order valence-electron chi connectivity index (χ3n) is 3.44. The molecule has 0 aromatic heterocycles. The Morgan fingerprint density at radius 3 is 1.43 bits per heavy atom. The number of rotatable bonds is 10. The van der Waals surface area contributed by atoms with Crippen LogP contribution < -0.4 is 5.73 Å². The first-order valence-corrected chi connectivity index (χ1v) is 8.29. The molecular weight excluding hydrogens is 294 g/mol. The van der Waals surface area contributed by atoms with Gasteiger partial charge in [0.2, 0.25) is 0 Å². The Morgan fingerprint density at radius 1 is 0.783 bits per heavy atom. The minimum atomic E-state index is -1.06. The van der Waals surface area contributed by atoms with Crippen molar-refractivity contribution in [2.45, 2.75) is 58.3 Å². The first kappa shape index (κ1) is 21.1. The Bertz CT molecular complexity index is 402. The van der Waals surface area contributed by atoms with Crippen LogP contribution in [0.1, 0.15) is 79.0 Å². The second kappa shape index (κ2) is 13.8. The molecule has 0 radical (unpaired) electrons. The maximum Gasteiger partial charge on any atom is 0.335 e. The Morgan fingerprint density at radius 2 is 1.13 bits per heavy atom. The van der Waals surface area contributed by atoms with Crippen LogP contribution in [0.15, 0.2) is 24.3 Å². The van der Waals surface area contributed by atoms with Crippen LogP contribution in [0.25, 0.3) is 0 Å². The lowest BCUT2D eigenvalue weighted by atomic mass is 10.1. The predicted octanol–water partition coefficient (Wildman–Crippen LogP) is 4.17. The van der Waals surface area contributed by atoms with Crippen molar-refractivity contribution in [1.29, 1.82) is 0 Å². The fourth-order valence-electron chi connectivity index (χ4n) is 2.03. The Kier molecular flexibility index (Phi) is 12.6. The molecule has 0 fully saturated rings. The van der Waals surface area contributed by atoms with Gasteiger partial charge in [0.15, 0.2) is 0 Å². The minimum absolute atomic E-state index is 0.0833. The fraction of sp³-hybridized carbons (Fsp3) is 0.556. The molecule has 5 nitrogen and oxygen atoms in total. The van der Waals surface area contributed by atoms with Crippen molar-refractivity contribution in [2.24, 2.45) is 5.73 Å². The average Bonchev–Trinajstić information content (AvgIpc) is 2.55. The molecule has 0 saturated heterocycles. The highest BCUT2D eigenvalue weighted by Gasteiger charge is 2.04. The maximum atomic E-state index is 10.3. The summed E-state index contributed by atoms with van der Waals surface area (Å²) in [6.45, 7) is 3.13. The standard InChI is InChI=1S/C10H23N.C8H6O4/c1-2-3-4-5-6-7-8-9-10-11;9-7(10)5-1-2-6(4-3-5)8(11)12/h2-11H2,1H3;1-4H,(H,9,10)(H,11,12). The summed E-state index contributed by atoms with van der Waals surface area (Å²) in [7, 11) is 0. The van der Waals surface area contributed by atoms with Gasteiger partial charge in [-0.1, -0.05) is 51.9 Å². The molecule has 0 bridgehead atoms. The summed E-state index contributed by atoms with van der Waals surface area (Å²) in [5, 5.41) is 16.9. The molecule has 23 heavy (non-hydrogen) atoms. The lowest BCUT2D eigenvalue weighted by Crippen LogP contribution is -1.99. The Labute approximate surface area is 138 Å². The Balaban J connectivity index is 0.000000423. The molecule has 130 valence electrons. The number of aromatic carboxylic acids is 2. The molecule has 0 atom stereocenters. The molecule has 0 saturated carbocycles. The van der Waals surface area contributed by atoms with Crippen LogP contribution >= 0.6 is 0 Å². The van der Waals surface area contributed by atoms with E-state index in [4.69, 9.17) is 15.9 Å². The molecule has 0 aliphatic rings. The van der Waals surface area contributed by atoms with E-state index in [9.17, 15) is 9.59 Å². The van der Waals surface area contributed by atoms with Crippen LogP contribution in [0.5, 0.6) is 0 Å². The predicted molar refractivity (Wildman–Crippen MR) is 92.0 cm³/mol. The van der Waals surface area contributed by atoms with E-state index in [0.29, 0.717) is 0 Å². The lowest BCUT2D eigenvalue weighted by molar-refractivity contribution is 0.0681. The number of nitrogens with two attached hydrogens (primary N) is 1. The number of unbranched alkanes of at least 4 members (excludes halogenated alkanes) is 7. The van der Waals surface area contributed by atoms with Gasteiger partial charge in [-0.05, 0) is 37.2 Å². The van der Waals surface area contributed by atoms with Gasteiger partial charge in [0.1, 0.15) is 0 Å². The first-order chi connectivity index (χ1) is 11.0. The quantitative estimate of drug-likeness (QED) is 0.561. The first-order valence-electron chi connectivity index (χ1n) is 8.29. The normalized spacial score (nSPS) is 9.83. The Hall–Kier alpha value is -1.88. The van der Waals surface area contributed by atoms with Gasteiger partial charge in [0.25, 0.3) is 0 Å². The third kappa shape index (κ3) is 11.4. The fourth-order valence-corrected chi connectivity index (χ4v) is 2.03. The van der Waals surface area contributed by atoms with Crippen LogP contribution in [-0.4, -0.2) is 28.7 Å². The second-order valence-electron chi connectivity index (χ2n) is 5.45. The van der Waals surface area contributed by atoms with Gasteiger partial charge >= 0.3 is 11.9 Å². The molecule has 1 rings (SSSR count). The topological polar surface area (TPSA) is 101 Å². The monoisotopic (exact) mass is 323 g/mol. The molecule has 0 heterocycles. The van der Waals surface area contributed by atoms with Crippen molar-refractivity contribution in [2.75, 3.05) is 6.54 Å². The number of hydrogen-bond donors (Lipinski definition) is 3. The van der Waals surface area contributed by atoms with E-state index in [2.05, 4.69) is 6.92 Å². The van der Waals surface area contributed by atoms with E-state index in [1.807, 2.05) is 0 Å². The van der Waals surface area contributed by atoms with Crippen molar-refractivity contribution in [3.05, 3.63) is 35.4 Å². The molecule has 0 aliphatic heterocycles. The number of carboxylic acid groups (broad SMARTS) is 2. The zero-order valence-corrected chi connectivity index (χ0v) is 14.0. The highest BCUT2D eigenvalue weighted by atomic mass is 16.4. The molecule has 4 N–H and O–H groups in total. The summed E-state index contributed by atoms with van der Waals surface area (Å²) in [4.78, 5) is 20.7. The SMILES string of the molecule is CCCCCCCCCCN.O=C(O)c1ccc(C(=O)O)cc1. The van der Waals surface area contributed by atoms with Gasteiger partial charge in [-0.3, -0.25) is 0 Å². The average molecular weight is 323 g/mol. The number of hydrogen-bond acceptors (Lipinski definition) is 3. The number of carbonyl (C=O) groups is 2. The number of benzene rings is 1. The summed E-state index contributed by atoms with van der Waals surface area (Å²) in [6, 6.07) is 5.02. The van der Waals surface area contributed by atoms with E-state index >= 15 is 0 Å². The van der Waals surface area contributed by atoms with Crippen LogP contribution in [-0.2, 0) is 0 Å². The van der Waals surface area contributed by atoms with Gasteiger partial charge in [0, 0.05) is 0 Å². The van der Waals surface area contributed by atoms with Crippen molar-refractivity contribution in [1.82, 2.24) is 0 Å². The highest BCUT2D eigenvalue weighted by molar-refractivity contribution is 5.91. The summed E-state index contributed by atoms with van der Waals surface area (Å²) in [6.07, 6.45) is 11.0. The smallest absolute Gasteiger partial charge is 0.335 e. The molecule has 5 heteroatoms. The summed E-state index contributed by atoms with van der Waals surface area (Å²) in [5.74, 6) is -2.13. The van der Waals surface area contributed by atoms with Gasteiger partial charge in [-0.15, -0.1) is 0 Å². The molecule has 0 unspecified atom stereocenters. The van der Waals surface area contributed by atoms with E-state index in [-0.39, 0.29) is 11.1 Å². The number of carboxylic acids is 2. The highest BCUT2D eigenvalue weighted by Crippen LogP contribution is 2.07. The van der Waals surface area contributed by atoms with Crippen LogP contribution in [0.3, 0.4) is 0 Å². The molecule has 0 amide bonds. The molecule has 0 spiro atoms. The van der Waals surface area contributed by atoms with E-state index < -0.39 is 11.9 Å². The second-order valence-corrected chi connectivity index (χ2v) is 5.45. The summed E-state index contributed by atoms with van der Waals surface area (Å²) in [5.41, 5.74) is 5.56. The minimum Gasteiger partial charge on any atom is -0.478 e. The molecular formula is C18H29NO4. The van der Waals surface area contributed by atoms with E-state index in [0.717, 1.165) is 6.54 Å². The largest absolute Gasteiger partial charge is 0.478 e. The lowest BCUT2D eigenvalue weighted by Gasteiger charge is -1.99. The zero-order valence-electron chi connectivity index (χ0n) is 14.0. The zero-order chi connectivity index (χ0) is 17.5. The molecule has 0 aliphatic carbocycles. The van der Waals surface area contributed by atoms with Crippen LogP contribution in [0.2, 0.25) is 0 Å².